The van der Waals surface area contributed by atoms with Crippen molar-refractivity contribution in [3.05, 3.63) is 194 Å². The minimum Gasteiger partial charge on any atom is -0.309 e. The molecule has 8 aromatic carbocycles. The molecule has 4 heteroatoms. The summed E-state index contributed by atoms with van der Waals surface area (Å²) >= 11 is 1.87. The van der Waals surface area contributed by atoms with E-state index in [-0.39, 0.29) is 0 Å². The average Bonchev–Trinajstić information content (AvgIpc) is 3.63. The normalized spacial score (nSPS) is 11.8. The van der Waals surface area contributed by atoms with Gasteiger partial charge in [0.1, 0.15) is 0 Å². The molecule has 0 atom stereocenters. The van der Waals surface area contributed by atoms with Gasteiger partial charge in [0.05, 0.1) is 11.2 Å². The van der Waals surface area contributed by atoms with Gasteiger partial charge < -0.3 is 4.57 Å². The summed E-state index contributed by atoms with van der Waals surface area (Å²) in [5.74, 6) is 0. The lowest BCUT2D eigenvalue weighted by Gasteiger charge is -2.20. The number of fused-ring (bicyclic) bond motifs is 7. The van der Waals surface area contributed by atoms with Crippen LogP contribution < -0.4 is 15.9 Å². The Morgan fingerprint density at radius 3 is 1.68 bits per heavy atom. The highest BCUT2D eigenvalue weighted by Crippen LogP contribution is 2.46. The van der Waals surface area contributed by atoms with Crippen LogP contribution in [0.1, 0.15) is 0 Å². The van der Waals surface area contributed by atoms with Crippen LogP contribution in [0.15, 0.2) is 194 Å². The largest absolute Gasteiger partial charge is 0.309 e. The fourth-order valence-electron chi connectivity index (χ4n) is 7.79. The standard InChI is InChI=1S/C49H32NOPS/c51-52(37-18-6-2-7-19-37,38-20-8-3-9-21-38)39-28-26-33(27-29-39)35-16-12-17-36(32-35)40-23-13-24-41-42-30-31-44-46(49(42)53-48(40)41)43-22-10-11-25-45(43)50-47(44)34-14-4-1-5-15-34/h1-32H. The first-order valence-corrected chi connectivity index (χ1v) is 20.3. The zero-order chi connectivity index (χ0) is 35.4. The van der Waals surface area contributed by atoms with E-state index in [1.54, 1.807) is 0 Å². The number of hydrogen-bond acceptors (Lipinski definition) is 3. The van der Waals surface area contributed by atoms with Crippen molar-refractivity contribution in [2.45, 2.75) is 0 Å². The summed E-state index contributed by atoms with van der Waals surface area (Å²) in [4.78, 5) is 5.18. The lowest BCUT2D eigenvalue weighted by Crippen LogP contribution is -2.24. The zero-order valence-electron chi connectivity index (χ0n) is 28.7. The van der Waals surface area contributed by atoms with Crippen molar-refractivity contribution in [2.75, 3.05) is 0 Å². The molecule has 0 saturated carbocycles. The van der Waals surface area contributed by atoms with Gasteiger partial charge in [-0.1, -0.05) is 182 Å². The van der Waals surface area contributed by atoms with Crippen molar-refractivity contribution in [2.24, 2.45) is 0 Å². The Labute approximate surface area is 312 Å². The Kier molecular flexibility index (Phi) is 7.65. The quantitative estimate of drug-likeness (QED) is 0.127. The van der Waals surface area contributed by atoms with Crippen LogP contribution in [0.3, 0.4) is 0 Å². The van der Waals surface area contributed by atoms with Crippen LogP contribution in [0, 0.1) is 0 Å². The van der Waals surface area contributed by atoms with Crippen molar-refractivity contribution in [3.63, 3.8) is 0 Å². The molecule has 2 heterocycles. The Morgan fingerprint density at radius 2 is 0.943 bits per heavy atom. The SMILES string of the molecule is O=P(c1ccccc1)(c1ccccc1)c1ccc(-c2cccc(-c3cccc4c3sc3c4ccc4c(-c5ccccc5)nc5ccccc5c43)c2)cc1. The Hall–Kier alpha value is -6.12. The van der Waals surface area contributed by atoms with Gasteiger partial charge in [-0.05, 0) is 34.4 Å². The number of rotatable bonds is 6. The van der Waals surface area contributed by atoms with Crippen molar-refractivity contribution in [3.8, 4) is 33.5 Å². The Bertz CT molecular complexity index is 2970. The molecule has 0 N–H and O–H groups in total. The maximum absolute atomic E-state index is 14.9. The Morgan fingerprint density at radius 1 is 0.396 bits per heavy atom. The van der Waals surface area contributed by atoms with Gasteiger partial charge in [-0.3, -0.25) is 0 Å². The summed E-state index contributed by atoms with van der Waals surface area (Å²) < 4.78 is 17.5. The summed E-state index contributed by atoms with van der Waals surface area (Å²) in [5, 5.41) is 8.64. The maximum Gasteiger partial charge on any atom is 0.171 e. The van der Waals surface area contributed by atoms with Crippen LogP contribution in [-0.4, -0.2) is 4.98 Å². The molecule has 0 saturated heterocycles. The molecule has 0 unspecified atom stereocenters. The van der Waals surface area contributed by atoms with Crippen molar-refractivity contribution >= 4 is 76.2 Å². The monoisotopic (exact) mass is 713 g/mol. The van der Waals surface area contributed by atoms with Gasteiger partial charge in [-0.2, -0.15) is 0 Å². The lowest BCUT2D eigenvalue weighted by atomic mass is 9.96. The highest BCUT2D eigenvalue weighted by Gasteiger charge is 2.29. The third kappa shape index (κ3) is 5.24. The Balaban J connectivity index is 1.10. The van der Waals surface area contributed by atoms with Crippen LogP contribution in [0.2, 0.25) is 0 Å². The topological polar surface area (TPSA) is 30.0 Å². The van der Waals surface area contributed by atoms with Gasteiger partial charge in [0, 0.05) is 57.8 Å². The fourth-order valence-corrected chi connectivity index (χ4v) is 11.8. The number of aromatic nitrogens is 1. The van der Waals surface area contributed by atoms with Crippen LogP contribution in [-0.2, 0) is 4.57 Å². The molecule has 10 aromatic rings. The first-order valence-electron chi connectivity index (χ1n) is 17.8. The first-order chi connectivity index (χ1) is 26.2. The van der Waals surface area contributed by atoms with Crippen molar-refractivity contribution in [1.29, 1.82) is 0 Å². The van der Waals surface area contributed by atoms with E-state index >= 15 is 0 Å². The number of hydrogen-bond donors (Lipinski definition) is 0. The third-order valence-corrected chi connectivity index (χ3v) is 14.7. The second kappa shape index (κ2) is 12.8. The van der Waals surface area contributed by atoms with Crippen LogP contribution >= 0.6 is 18.5 Å². The van der Waals surface area contributed by atoms with Crippen LogP contribution in [0.4, 0.5) is 0 Å². The minimum atomic E-state index is -3.04. The van der Waals surface area contributed by atoms with Gasteiger partial charge in [0.2, 0.25) is 0 Å². The van der Waals surface area contributed by atoms with Gasteiger partial charge in [0.15, 0.2) is 7.14 Å². The molecule has 0 aliphatic rings. The molecular weight excluding hydrogens is 682 g/mol. The first kappa shape index (κ1) is 31.6. The van der Waals surface area contributed by atoms with Crippen molar-refractivity contribution < 1.29 is 4.57 Å². The number of benzene rings is 8. The lowest BCUT2D eigenvalue weighted by molar-refractivity contribution is 0.592. The molecule has 53 heavy (non-hydrogen) atoms. The molecule has 0 amide bonds. The molecule has 2 nitrogen and oxygen atoms in total. The molecule has 10 rings (SSSR count). The van der Waals surface area contributed by atoms with E-state index in [0.717, 1.165) is 43.8 Å². The van der Waals surface area contributed by atoms with E-state index in [0.29, 0.717) is 0 Å². The predicted octanol–water partition coefficient (Wildman–Crippen LogP) is 12.4. The maximum atomic E-state index is 14.9. The summed E-state index contributed by atoms with van der Waals surface area (Å²) in [5.41, 5.74) is 7.74. The molecule has 0 fully saturated rings. The smallest absolute Gasteiger partial charge is 0.171 e. The third-order valence-electron chi connectivity index (χ3n) is 10.4. The van der Waals surface area contributed by atoms with Gasteiger partial charge in [-0.15, -0.1) is 11.3 Å². The van der Waals surface area contributed by atoms with E-state index in [1.165, 1.54) is 47.5 Å². The zero-order valence-corrected chi connectivity index (χ0v) is 30.4. The van der Waals surface area contributed by atoms with Crippen LogP contribution in [0.5, 0.6) is 0 Å². The fraction of sp³-hybridized carbons (Fsp3) is 0. The minimum absolute atomic E-state index is 0.829. The molecule has 0 aliphatic carbocycles. The number of thiophene rings is 1. The van der Waals surface area contributed by atoms with E-state index < -0.39 is 7.14 Å². The summed E-state index contributed by atoms with van der Waals surface area (Å²) in [6.07, 6.45) is 0. The molecule has 0 bridgehead atoms. The molecule has 250 valence electrons. The molecule has 2 aromatic heterocycles. The molecule has 0 spiro atoms. The van der Waals surface area contributed by atoms with Gasteiger partial charge in [-0.25, -0.2) is 4.98 Å². The van der Waals surface area contributed by atoms with E-state index in [9.17, 15) is 4.57 Å². The summed E-state index contributed by atoms with van der Waals surface area (Å²) in [6, 6.07) is 67.1. The average molecular weight is 714 g/mol. The van der Waals surface area contributed by atoms with E-state index in [4.69, 9.17) is 4.98 Å². The molecular formula is C49H32NOPS. The van der Waals surface area contributed by atoms with E-state index in [2.05, 4.69) is 121 Å². The predicted molar refractivity (Wildman–Crippen MR) is 228 cm³/mol. The molecule has 0 radical (unpaired) electrons. The van der Waals surface area contributed by atoms with E-state index in [1.807, 2.05) is 84.1 Å². The second-order valence-corrected chi connectivity index (χ2v) is 17.2. The highest BCUT2D eigenvalue weighted by atomic mass is 32.1. The summed E-state index contributed by atoms with van der Waals surface area (Å²) in [6.45, 7) is 0. The summed E-state index contributed by atoms with van der Waals surface area (Å²) in [7, 11) is -3.04. The van der Waals surface area contributed by atoms with Crippen molar-refractivity contribution in [1.82, 2.24) is 4.98 Å². The highest BCUT2D eigenvalue weighted by molar-refractivity contribution is 7.85. The van der Waals surface area contributed by atoms with Gasteiger partial charge in [0.25, 0.3) is 0 Å². The van der Waals surface area contributed by atoms with Crippen LogP contribution in [0.25, 0.3) is 75.4 Å². The number of pyridine rings is 1. The number of para-hydroxylation sites is 1. The molecule has 0 aliphatic heterocycles. The number of nitrogens with zero attached hydrogens (tertiary/aromatic N) is 1. The van der Waals surface area contributed by atoms with Gasteiger partial charge >= 0.3 is 0 Å². The second-order valence-electron chi connectivity index (χ2n) is 13.4.